The molecule has 0 aliphatic rings. The average Bonchev–Trinajstić information content (AvgIpc) is 2.77. The number of aromatic nitrogens is 1. The number of rotatable bonds is 13. The largest absolute Gasteiger partial charge is 1.00 e. The van der Waals surface area contributed by atoms with Crippen molar-refractivity contribution >= 4 is 58.0 Å². The van der Waals surface area contributed by atoms with E-state index < -0.39 is 11.9 Å². The summed E-state index contributed by atoms with van der Waals surface area (Å²) in [6, 6.07) is 18.0. The maximum atomic E-state index is 10.8. The Balaban J connectivity index is 0.00000306. The number of carboxylic acid groups (broad SMARTS) is 2. The van der Waals surface area contributed by atoms with E-state index in [-0.39, 0.29) is 76.5 Å². The Kier molecular flexibility index (Phi) is 16.2. The second kappa shape index (κ2) is 17.3. The third-order valence-corrected chi connectivity index (χ3v) is 8.07. The second-order valence-electron chi connectivity index (χ2n) is 7.56. The molecule has 0 unspecified atom stereocenters. The van der Waals surface area contributed by atoms with Crippen LogP contribution in [-0.2, 0) is 22.4 Å². The minimum absolute atomic E-state index is 0. The van der Waals surface area contributed by atoms with Crippen molar-refractivity contribution < 1.29 is 78.9 Å². The van der Waals surface area contributed by atoms with Gasteiger partial charge in [0.2, 0.25) is 0 Å². The van der Waals surface area contributed by atoms with Crippen molar-refractivity contribution in [2.75, 3.05) is 11.5 Å². The number of hydrogen-bond acceptors (Lipinski definition) is 7. The zero-order valence-electron chi connectivity index (χ0n) is 20.0. The molecule has 1 heterocycles. The number of pyridine rings is 1. The minimum Gasteiger partial charge on any atom is -0.550 e. The topological polar surface area (TPSA) is 93.1 Å². The van der Waals surface area contributed by atoms with Crippen LogP contribution < -0.4 is 69.3 Å². The van der Waals surface area contributed by atoms with Gasteiger partial charge in [-0.25, -0.2) is 0 Å². The van der Waals surface area contributed by atoms with Crippen molar-refractivity contribution in [3.05, 3.63) is 76.4 Å². The normalized spacial score (nSPS) is 10.6. The van der Waals surface area contributed by atoms with Gasteiger partial charge in [-0.2, -0.15) is 0 Å². The number of carboxylic acids is 2. The molecule has 0 saturated carbocycles. The molecular weight excluding hydrogens is 524 g/mol. The zero-order chi connectivity index (χ0) is 23.6. The number of nitrogens with zero attached hydrogens (tertiary/aromatic N) is 1. The molecule has 0 aliphatic carbocycles. The summed E-state index contributed by atoms with van der Waals surface area (Å²) in [4.78, 5) is 26.3. The van der Waals surface area contributed by atoms with Gasteiger partial charge in [0.25, 0.3) is 0 Å². The molecular formula is C25H24ClNNa2O4S2. The first kappa shape index (κ1) is 32.8. The number of hydrogen-bond donors (Lipinski definition) is 0. The minimum atomic E-state index is -1.08. The molecule has 0 radical (unpaired) electrons. The van der Waals surface area contributed by atoms with Crippen LogP contribution in [0, 0.1) is 0 Å². The molecule has 174 valence electrons. The van der Waals surface area contributed by atoms with Crippen molar-refractivity contribution in [3.63, 3.8) is 0 Å². The number of halogens is 1. The summed E-state index contributed by atoms with van der Waals surface area (Å²) in [5, 5.41) is 23.3. The molecule has 2 aromatic carbocycles. The van der Waals surface area contributed by atoms with Crippen molar-refractivity contribution in [1.82, 2.24) is 4.98 Å². The van der Waals surface area contributed by atoms with Crippen molar-refractivity contribution in [1.29, 1.82) is 0 Å². The predicted octanol–water partition coefficient (Wildman–Crippen LogP) is -2.18. The number of carbonyl (C=O) groups excluding carboxylic acids is 2. The van der Waals surface area contributed by atoms with E-state index in [4.69, 9.17) is 16.6 Å². The Bertz CT molecular complexity index is 1100. The van der Waals surface area contributed by atoms with Crippen molar-refractivity contribution in [3.8, 4) is 0 Å². The quantitative estimate of drug-likeness (QED) is 0.177. The van der Waals surface area contributed by atoms with Gasteiger partial charge >= 0.3 is 59.1 Å². The number of aryl methyl sites for hydroxylation is 2. The Morgan fingerprint density at radius 2 is 1.54 bits per heavy atom. The molecule has 3 aromatic rings. The van der Waals surface area contributed by atoms with Crippen LogP contribution in [-0.4, -0.2) is 28.4 Å². The first-order valence-corrected chi connectivity index (χ1v) is 13.1. The predicted molar refractivity (Wildman–Crippen MR) is 132 cm³/mol. The fraction of sp³-hybridized carbons (Fsp3) is 0.320. The number of carbonyl (C=O) groups is 2. The van der Waals surface area contributed by atoms with Crippen molar-refractivity contribution in [2.24, 2.45) is 0 Å². The van der Waals surface area contributed by atoms with Gasteiger partial charge in [0, 0.05) is 28.0 Å². The van der Waals surface area contributed by atoms with Gasteiger partial charge in [-0.1, -0.05) is 48.0 Å². The van der Waals surface area contributed by atoms with E-state index in [1.807, 2.05) is 36.4 Å². The van der Waals surface area contributed by atoms with Gasteiger partial charge in [0.1, 0.15) is 0 Å². The molecule has 1 aromatic heterocycles. The van der Waals surface area contributed by atoms with Gasteiger partial charge in [-0.05, 0) is 72.9 Å². The molecule has 0 spiro atoms. The van der Waals surface area contributed by atoms with Gasteiger partial charge < -0.3 is 19.8 Å². The van der Waals surface area contributed by atoms with E-state index in [1.165, 1.54) is 29.1 Å². The average molecular weight is 548 g/mol. The Morgan fingerprint density at radius 1 is 0.886 bits per heavy atom. The fourth-order valence-corrected chi connectivity index (χ4v) is 6.18. The zero-order valence-corrected chi connectivity index (χ0v) is 26.4. The van der Waals surface area contributed by atoms with Crippen LogP contribution in [0.25, 0.3) is 10.9 Å². The standard InChI is InChI=1S/C25H26ClNO4S2.2Na/c26-20-9-7-18-8-10-21(27-22(18)16-20)6-2-4-17-3-1-5-19(15-17)25(32-13-11-23(28)29)33-14-12-24(30)31;;/h1,3,5,7-10,15-16,25H,2,4,6,11-14H2,(H,28,29)(H,30,31);;/q;2*+1/p-2. The van der Waals surface area contributed by atoms with Crippen LogP contribution in [0.5, 0.6) is 0 Å². The third kappa shape index (κ3) is 11.8. The summed E-state index contributed by atoms with van der Waals surface area (Å²) >= 11 is 9.07. The molecule has 0 bridgehead atoms. The molecule has 0 atom stereocenters. The molecule has 0 fully saturated rings. The van der Waals surface area contributed by atoms with Crippen LogP contribution in [0.1, 0.15) is 40.7 Å². The van der Waals surface area contributed by atoms with E-state index in [9.17, 15) is 19.8 Å². The molecule has 0 N–H and O–H groups in total. The summed E-state index contributed by atoms with van der Waals surface area (Å²) in [6.45, 7) is 0. The van der Waals surface area contributed by atoms with Crippen molar-refractivity contribution in [2.45, 2.75) is 36.7 Å². The van der Waals surface area contributed by atoms with E-state index in [1.54, 1.807) is 0 Å². The van der Waals surface area contributed by atoms with Gasteiger partial charge in [-0.3, -0.25) is 4.98 Å². The molecule has 0 aliphatic heterocycles. The number of aliphatic carboxylic acids is 2. The van der Waals surface area contributed by atoms with Gasteiger partial charge in [0.05, 0.1) is 10.1 Å². The monoisotopic (exact) mass is 547 g/mol. The SMILES string of the molecule is O=C([O-])CCSC(SCCC(=O)[O-])c1cccc(CCCc2ccc3ccc(Cl)cc3n2)c1.[Na+].[Na+]. The smallest absolute Gasteiger partial charge is 0.550 e. The summed E-state index contributed by atoms with van der Waals surface area (Å²) in [5.74, 6) is -1.35. The van der Waals surface area contributed by atoms with Crippen LogP contribution in [0.4, 0.5) is 0 Å². The van der Waals surface area contributed by atoms with Crippen LogP contribution in [0.15, 0.2) is 54.6 Å². The van der Waals surface area contributed by atoms with E-state index in [0.29, 0.717) is 16.5 Å². The molecule has 0 saturated heterocycles. The second-order valence-corrected chi connectivity index (χ2v) is 10.7. The molecule has 10 heteroatoms. The van der Waals surface area contributed by atoms with Crippen LogP contribution in [0.2, 0.25) is 5.02 Å². The third-order valence-electron chi connectivity index (χ3n) is 4.98. The Morgan fingerprint density at radius 3 is 2.20 bits per heavy atom. The first-order valence-electron chi connectivity index (χ1n) is 10.7. The Labute approximate surface area is 263 Å². The van der Waals surface area contributed by atoms with Crippen LogP contribution in [0.3, 0.4) is 0 Å². The Hall–Kier alpha value is -0.220. The number of benzene rings is 2. The summed E-state index contributed by atoms with van der Waals surface area (Å²) in [6.07, 6.45) is 2.58. The maximum Gasteiger partial charge on any atom is 1.00 e. The van der Waals surface area contributed by atoms with Gasteiger partial charge in [0.15, 0.2) is 0 Å². The molecule has 0 amide bonds. The molecule has 5 nitrogen and oxygen atoms in total. The van der Waals surface area contributed by atoms with E-state index in [0.717, 1.165) is 41.4 Å². The van der Waals surface area contributed by atoms with E-state index >= 15 is 0 Å². The summed E-state index contributed by atoms with van der Waals surface area (Å²) < 4.78 is -0.0458. The summed E-state index contributed by atoms with van der Waals surface area (Å²) in [5.41, 5.74) is 4.15. The molecule has 3 rings (SSSR count). The first-order chi connectivity index (χ1) is 15.9. The maximum absolute atomic E-state index is 10.8. The van der Waals surface area contributed by atoms with Crippen LogP contribution >= 0.6 is 35.1 Å². The number of fused-ring (bicyclic) bond motifs is 1. The van der Waals surface area contributed by atoms with E-state index in [2.05, 4.69) is 18.2 Å². The van der Waals surface area contributed by atoms with Gasteiger partial charge in [-0.15, -0.1) is 23.5 Å². The fourth-order valence-electron chi connectivity index (χ4n) is 3.38. The summed E-state index contributed by atoms with van der Waals surface area (Å²) in [7, 11) is 0. The number of thioether (sulfide) groups is 2. The molecule has 35 heavy (non-hydrogen) atoms.